The number of carbonyl (C=O) groups is 1. The van der Waals surface area contributed by atoms with Gasteiger partial charge < -0.3 is 10.1 Å². The molecule has 1 N–H and O–H groups in total. The molecule has 0 saturated heterocycles. The largest absolute Gasteiger partial charge is 0.468 e. The van der Waals surface area contributed by atoms with Gasteiger partial charge in [0.2, 0.25) is 0 Å². The third kappa shape index (κ3) is 4.51. The molecule has 0 bridgehead atoms. The number of hydrogen-bond acceptors (Lipinski definition) is 4. The van der Waals surface area contributed by atoms with E-state index in [2.05, 4.69) is 17.1 Å². The Morgan fingerprint density at radius 3 is 2.65 bits per heavy atom. The maximum Gasteiger partial charge on any atom is 0.325 e. The van der Waals surface area contributed by atoms with E-state index in [0.717, 1.165) is 23.8 Å². The Morgan fingerprint density at radius 2 is 2.12 bits per heavy atom. The van der Waals surface area contributed by atoms with Crippen molar-refractivity contribution in [3.05, 3.63) is 0 Å². The van der Waals surface area contributed by atoms with Crippen LogP contribution in [0.15, 0.2) is 0 Å². The molecule has 0 aromatic carbocycles. The van der Waals surface area contributed by atoms with Gasteiger partial charge in [0.15, 0.2) is 0 Å². The molecule has 100 valence electrons. The van der Waals surface area contributed by atoms with Gasteiger partial charge in [0.1, 0.15) is 5.54 Å². The number of methoxy groups -OCH3 is 1. The van der Waals surface area contributed by atoms with Gasteiger partial charge in [0.25, 0.3) is 0 Å². The van der Waals surface area contributed by atoms with Gasteiger partial charge in [-0.3, -0.25) is 4.79 Å². The highest BCUT2D eigenvalue weighted by Gasteiger charge is 2.31. The summed E-state index contributed by atoms with van der Waals surface area (Å²) >= 11 is 2.07. The van der Waals surface area contributed by atoms with Crippen molar-refractivity contribution in [3.8, 4) is 0 Å². The molecule has 1 aliphatic rings. The smallest absolute Gasteiger partial charge is 0.325 e. The van der Waals surface area contributed by atoms with E-state index in [1.165, 1.54) is 32.8 Å². The molecule has 0 aromatic heterocycles. The van der Waals surface area contributed by atoms with Crippen LogP contribution in [-0.4, -0.2) is 36.7 Å². The van der Waals surface area contributed by atoms with Crippen molar-refractivity contribution < 1.29 is 9.53 Å². The number of esters is 1. The topological polar surface area (TPSA) is 38.3 Å². The highest BCUT2D eigenvalue weighted by atomic mass is 32.2. The van der Waals surface area contributed by atoms with Crippen molar-refractivity contribution in [1.82, 2.24) is 5.32 Å². The highest BCUT2D eigenvalue weighted by Crippen LogP contribution is 2.30. The minimum atomic E-state index is -0.523. The van der Waals surface area contributed by atoms with Crippen molar-refractivity contribution in [2.24, 2.45) is 0 Å². The van der Waals surface area contributed by atoms with Gasteiger partial charge in [-0.25, -0.2) is 0 Å². The predicted octanol–water partition coefficient (Wildman–Crippen LogP) is 2.59. The second-order valence-electron chi connectivity index (χ2n) is 4.95. The van der Waals surface area contributed by atoms with Crippen LogP contribution in [0.4, 0.5) is 0 Å². The second-order valence-corrected chi connectivity index (χ2v) is 6.36. The molecule has 1 rings (SSSR count). The van der Waals surface area contributed by atoms with Crippen LogP contribution in [0.25, 0.3) is 0 Å². The van der Waals surface area contributed by atoms with Gasteiger partial charge in [-0.15, -0.1) is 0 Å². The van der Waals surface area contributed by atoms with Crippen LogP contribution < -0.4 is 5.32 Å². The van der Waals surface area contributed by atoms with E-state index in [9.17, 15) is 4.79 Å². The summed E-state index contributed by atoms with van der Waals surface area (Å²) in [6.45, 7) is 1.92. The Bertz CT molecular complexity index is 242. The number of carbonyl (C=O) groups excluding carboxylic acids is 1. The molecule has 1 fully saturated rings. The van der Waals surface area contributed by atoms with Gasteiger partial charge in [0.05, 0.1) is 7.11 Å². The lowest BCUT2D eigenvalue weighted by Crippen LogP contribution is -2.48. The molecule has 0 aromatic rings. The van der Waals surface area contributed by atoms with Crippen LogP contribution >= 0.6 is 11.8 Å². The zero-order valence-corrected chi connectivity index (χ0v) is 12.1. The average Bonchev–Trinajstić information content (AvgIpc) is 2.86. The number of nitrogens with one attached hydrogen (secondary N) is 1. The highest BCUT2D eigenvalue weighted by molar-refractivity contribution is 7.99. The Labute approximate surface area is 109 Å². The summed E-state index contributed by atoms with van der Waals surface area (Å²) in [5, 5.41) is 3.94. The standard InChI is InChI=1S/C13H25NO2S/c1-13(14-2,12(15)16-3)9-6-10-17-11-7-4-5-8-11/h11,14H,4-10H2,1-3H3. The lowest BCUT2D eigenvalue weighted by Gasteiger charge is -2.26. The Kier molecular flexibility index (Phi) is 6.34. The molecule has 17 heavy (non-hydrogen) atoms. The van der Waals surface area contributed by atoms with Crippen LogP contribution in [0.2, 0.25) is 0 Å². The number of ether oxygens (including phenoxy) is 1. The number of thioether (sulfide) groups is 1. The van der Waals surface area contributed by atoms with Crippen LogP contribution in [-0.2, 0) is 9.53 Å². The summed E-state index contributed by atoms with van der Waals surface area (Å²) in [5.41, 5.74) is -0.523. The van der Waals surface area contributed by atoms with Crippen LogP contribution in [0, 0.1) is 0 Å². The minimum Gasteiger partial charge on any atom is -0.468 e. The zero-order valence-electron chi connectivity index (χ0n) is 11.3. The maximum absolute atomic E-state index is 11.6. The second kappa shape index (κ2) is 7.27. The van der Waals surface area contributed by atoms with Gasteiger partial charge in [-0.2, -0.15) is 11.8 Å². The number of likely N-dealkylation sites (N-methyl/N-ethyl adjacent to an activating group) is 1. The summed E-state index contributed by atoms with van der Waals surface area (Å²) in [5.74, 6) is 0.990. The molecular weight excluding hydrogens is 234 g/mol. The Balaban J connectivity index is 2.20. The van der Waals surface area contributed by atoms with E-state index in [1.807, 2.05) is 14.0 Å². The molecule has 1 unspecified atom stereocenters. The van der Waals surface area contributed by atoms with Crippen molar-refractivity contribution in [2.75, 3.05) is 19.9 Å². The first kappa shape index (κ1) is 14.8. The SMILES string of the molecule is CNC(C)(CCCSC1CCCC1)C(=O)OC. The van der Waals surface area contributed by atoms with E-state index in [-0.39, 0.29) is 5.97 Å². The maximum atomic E-state index is 11.6. The van der Waals surface area contributed by atoms with Crippen LogP contribution in [0.3, 0.4) is 0 Å². The molecule has 1 atom stereocenters. The number of rotatable bonds is 7. The Hall–Kier alpha value is -0.220. The number of hydrogen-bond donors (Lipinski definition) is 1. The fourth-order valence-corrected chi connectivity index (χ4v) is 3.60. The van der Waals surface area contributed by atoms with E-state index in [1.54, 1.807) is 0 Å². The van der Waals surface area contributed by atoms with E-state index >= 15 is 0 Å². The molecule has 4 heteroatoms. The molecule has 0 radical (unpaired) electrons. The molecular formula is C13H25NO2S. The Morgan fingerprint density at radius 1 is 1.47 bits per heavy atom. The molecule has 3 nitrogen and oxygen atoms in total. The van der Waals surface area contributed by atoms with Crippen molar-refractivity contribution in [1.29, 1.82) is 0 Å². The summed E-state index contributed by atoms with van der Waals surface area (Å²) in [4.78, 5) is 11.6. The molecule has 1 aliphatic carbocycles. The summed E-state index contributed by atoms with van der Waals surface area (Å²) in [7, 11) is 3.27. The zero-order chi connectivity index (χ0) is 12.7. The first-order valence-corrected chi connectivity index (χ1v) is 7.56. The average molecular weight is 259 g/mol. The van der Waals surface area contributed by atoms with Crippen LogP contribution in [0.5, 0.6) is 0 Å². The van der Waals surface area contributed by atoms with Crippen molar-refractivity contribution >= 4 is 17.7 Å². The van der Waals surface area contributed by atoms with E-state index in [0.29, 0.717) is 0 Å². The third-order valence-electron chi connectivity index (χ3n) is 3.66. The molecule has 0 aliphatic heterocycles. The van der Waals surface area contributed by atoms with Gasteiger partial charge in [-0.1, -0.05) is 12.8 Å². The summed E-state index contributed by atoms with van der Waals surface area (Å²) in [6, 6.07) is 0. The van der Waals surface area contributed by atoms with E-state index < -0.39 is 5.54 Å². The lowest BCUT2D eigenvalue weighted by atomic mass is 9.97. The molecule has 0 amide bonds. The normalized spacial score (nSPS) is 20.2. The first-order chi connectivity index (χ1) is 8.12. The predicted molar refractivity (Wildman–Crippen MR) is 73.4 cm³/mol. The van der Waals surface area contributed by atoms with Crippen molar-refractivity contribution in [2.45, 2.75) is 56.2 Å². The first-order valence-electron chi connectivity index (χ1n) is 6.51. The summed E-state index contributed by atoms with van der Waals surface area (Å²) in [6.07, 6.45) is 7.46. The van der Waals surface area contributed by atoms with Gasteiger partial charge in [0, 0.05) is 5.25 Å². The van der Waals surface area contributed by atoms with E-state index in [4.69, 9.17) is 4.74 Å². The minimum absolute atomic E-state index is 0.161. The monoisotopic (exact) mass is 259 g/mol. The molecule has 0 heterocycles. The van der Waals surface area contributed by atoms with Gasteiger partial charge in [-0.05, 0) is 45.4 Å². The van der Waals surface area contributed by atoms with Crippen molar-refractivity contribution in [3.63, 3.8) is 0 Å². The molecule has 1 saturated carbocycles. The van der Waals surface area contributed by atoms with Gasteiger partial charge >= 0.3 is 5.97 Å². The summed E-state index contributed by atoms with van der Waals surface area (Å²) < 4.78 is 4.83. The molecule has 0 spiro atoms. The fraction of sp³-hybridized carbons (Fsp3) is 0.923. The third-order valence-corrected chi connectivity index (χ3v) is 5.13. The lowest BCUT2D eigenvalue weighted by molar-refractivity contribution is -0.148. The van der Waals surface area contributed by atoms with Crippen LogP contribution in [0.1, 0.15) is 45.4 Å². The fourth-order valence-electron chi connectivity index (χ4n) is 2.29. The quantitative estimate of drug-likeness (QED) is 0.563.